The van der Waals surface area contributed by atoms with Gasteiger partial charge in [-0.25, -0.2) is 4.52 Å². The normalized spacial score (nSPS) is 10.9. The van der Waals surface area contributed by atoms with Crippen LogP contribution in [0.4, 0.5) is 5.95 Å². The zero-order valence-corrected chi connectivity index (χ0v) is 9.94. The average molecular weight is 219 g/mol. The van der Waals surface area contributed by atoms with Gasteiger partial charge >= 0.3 is 0 Å². The maximum absolute atomic E-state index is 4.52. The maximum Gasteiger partial charge on any atom is 0.245 e. The van der Waals surface area contributed by atoms with E-state index in [9.17, 15) is 0 Å². The molecule has 2 heterocycles. The van der Waals surface area contributed by atoms with E-state index in [0.29, 0.717) is 0 Å². The van der Waals surface area contributed by atoms with Crippen molar-refractivity contribution in [2.45, 2.75) is 6.92 Å². The van der Waals surface area contributed by atoms with Gasteiger partial charge in [0.15, 0.2) is 5.65 Å². The fourth-order valence-corrected chi connectivity index (χ4v) is 1.57. The highest BCUT2D eigenvalue weighted by Gasteiger charge is 2.08. The fourth-order valence-electron chi connectivity index (χ4n) is 1.57. The molecule has 5 nitrogen and oxygen atoms in total. The second-order valence-corrected chi connectivity index (χ2v) is 3.90. The van der Waals surface area contributed by atoms with Crippen molar-refractivity contribution in [3.63, 3.8) is 0 Å². The lowest BCUT2D eigenvalue weighted by atomic mass is 10.3. The van der Waals surface area contributed by atoms with Crippen LogP contribution in [0.2, 0.25) is 0 Å². The molecule has 5 heteroatoms. The van der Waals surface area contributed by atoms with Gasteiger partial charge in [-0.3, -0.25) is 0 Å². The summed E-state index contributed by atoms with van der Waals surface area (Å²) in [5.74, 6) is 0.768. The topological polar surface area (TPSA) is 45.5 Å². The van der Waals surface area contributed by atoms with E-state index >= 15 is 0 Å². The van der Waals surface area contributed by atoms with Crippen LogP contribution >= 0.6 is 0 Å². The van der Waals surface area contributed by atoms with E-state index in [-0.39, 0.29) is 0 Å². The predicted octanol–water partition coefficient (Wildman–Crippen LogP) is 0.693. The Kier molecular flexibility index (Phi) is 3.05. The molecule has 0 unspecified atom stereocenters. The molecule has 0 aliphatic rings. The van der Waals surface area contributed by atoms with Gasteiger partial charge in [-0.2, -0.15) is 4.98 Å². The van der Waals surface area contributed by atoms with Crippen molar-refractivity contribution in [2.75, 3.05) is 32.1 Å². The Morgan fingerprint density at radius 2 is 2.31 bits per heavy atom. The van der Waals surface area contributed by atoms with E-state index in [1.807, 2.05) is 48.8 Å². The first-order valence-electron chi connectivity index (χ1n) is 5.40. The van der Waals surface area contributed by atoms with Gasteiger partial charge in [0.2, 0.25) is 5.95 Å². The van der Waals surface area contributed by atoms with Crippen molar-refractivity contribution < 1.29 is 0 Å². The third-order valence-electron chi connectivity index (χ3n) is 2.58. The van der Waals surface area contributed by atoms with Crippen molar-refractivity contribution >= 4 is 11.6 Å². The summed E-state index contributed by atoms with van der Waals surface area (Å²) in [6.07, 6.45) is 1.92. The average Bonchev–Trinajstić information content (AvgIpc) is 2.71. The van der Waals surface area contributed by atoms with E-state index in [1.54, 1.807) is 0 Å². The van der Waals surface area contributed by atoms with Crippen molar-refractivity contribution in [2.24, 2.45) is 0 Å². The summed E-state index contributed by atoms with van der Waals surface area (Å²) in [6, 6.07) is 4.02. The van der Waals surface area contributed by atoms with Gasteiger partial charge in [-0.1, -0.05) is 6.07 Å². The van der Waals surface area contributed by atoms with Crippen LogP contribution in [0, 0.1) is 6.92 Å². The predicted molar refractivity (Wildman–Crippen MR) is 64.9 cm³/mol. The van der Waals surface area contributed by atoms with Gasteiger partial charge < -0.3 is 10.2 Å². The number of rotatable bonds is 4. The lowest BCUT2D eigenvalue weighted by Crippen LogP contribution is -2.27. The van der Waals surface area contributed by atoms with Crippen LogP contribution in [-0.2, 0) is 0 Å². The number of anilines is 1. The number of fused-ring (bicyclic) bond motifs is 1. The van der Waals surface area contributed by atoms with Crippen molar-refractivity contribution in [3.8, 4) is 0 Å². The molecule has 0 saturated heterocycles. The summed E-state index contributed by atoms with van der Waals surface area (Å²) < 4.78 is 1.82. The van der Waals surface area contributed by atoms with Crippen LogP contribution in [0.1, 0.15) is 5.56 Å². The molecule has 0 aliphatic heterocycles. The summed E-state index contributed by atoms with van der Waals surface area (Å²) in [4.78, 5) is 6.56. The Labute approximate surface area is 95.1 Å². The SMILES string of the molecule is CNCCN(C)c1nc2c(C)cccn2n1. The highest BCUT2D eigenvalue weighted by Crippen LogP contribution is 2.11. The van der Waals surface area contributed by atoms with Crippen LogP contribution in [0.3, 0.4) is 0 Å². The van der Waals surface area contributed by atoms with E-state index in [0.717, 1.165) is 30.2 Å². The van der Waals surface area contributed by atoms with E-state index in [1.165, 1.54) is 0 Å². The molecule has 0 spiro atoms. The lowest BCUT2D eigenvalue weighted by molar-refractivity contribution is 0.751. The van der Waals surface area contributed by atoms with Crippen LogP contribution < -0.4 is 10.2 Å². The van der Waals surface area contributed by atoms with Gasteiger partial charge in [-0.15, -0.1) is 5.10 Å². The molecule has 16 heavy (non-hydrogen) atoms. The smallest absolute Gasteiger partial charge is 0.245 e. The zero-order valence-electron chi connectivity index (χ0n) is 9.94. The minimum Gasteiger partial charge on any atom is -0.341 e. The largest absolute Gasteiger partial charge is 0.341 e. The Morgan fingerprint density at radius 3 is 3.00 bits per heavy atom. The molecule has 2 aromatic rings. The van der Waals surface area contributed by atoms with Crippen LogP contribution in [0.15, 0.2) is 18.3 Å². The van der Waals surface area contributed by atoms with Gasteiger partial charge in [0, 0.05) is 26.3 Å². The maximum atomic E-state index is 4.52. The van der Waals surface area contributed by atoms with Gasteiger partial charge in [0.05, 0.1) is 0 Å². The van der Waals surface area contributed by atoms with Crippen molar-refractivity contribution in [1.82, 2.24) is 19.9 Å². The molecule has 0 saturated carbocycles. The quantitative estimate of drug-likeness (QED) is 0.822. The first-order valence-corrected chi connectivity index (χ1v) is 5.40. The Hall–Kier alpha value is -1.62. The molecule has 1 N–H and O–H groups in total. The minimum atomic E-state index is 0.768. The molecule has 2 aromatic heterocycles. The number of hydrogen-bond donors (Lipinski definition) is 1. The molecule has 0 radical (unpaired) electrons. The first-order chi connectivity index (χ1) is 7.72. The highest BCUT2D eigenvalue weighted by atomic mass is 15.4. The Morgan fingerprint density at radius 1 is 1.50 bits per heavy atom. The third-order valence-corrected chi connectivity index (χ3v) is 2.58. The number of nitrogens with zero attached hydrogens (tertiary/aromatic N) is 4. The van der Waals surface area contributed by atoms with Crippen LogP contribution in [0.5, 0.6) is 0 Å². The number of nitrogens with one attached hydrogen (secondary N) is 1. The molecule has 0 fully saturated rings. The van der Waals surface area contributed by atoms with Crippen LogP contribution in [-0.4, -0.2) is 41.8 Å². The van der Waals surface area contributed by atoms with E-state index in [4.69, 9.17) is 0 Å². The van der Waals surface area contributed by atoms with E-state index in [2.05, 4.69) is 15.4 Å². The molecule has 0 atom stereocenters. The fraction of sp³-hybridized carbons (Fsp3) is 0.455. The number of hydrogen-bond acceptors (Lipinski definition) is 4. The Balaban J connectivity index is 2.29. The summed E-state index contributed by atoms with van der Waals surface area (Å²) in [5.41, 5.74) is 2.07. The molecule has 0 bridgehead atoms. The van der Waals surface area contributed by atoms with Gasteiger partial charge in [0.1, 0.15) is 0 Å². The monoisotopic (exact) mass is 219 g/mol. The van der Waals surface area contributed by atoms with Crippen molar-refractivity contribution in [3.05, 3.63) is 23.9 Å². The zero-order chi connectivity index (χ0) is 11.5. The minimum absolute atomic E-state index is 0.768. The molecular weight excluding hydrogens is 202 g/mol. The molecule has 0 aromatic carbocycles. The molecule has 86 valence electrons. The second kappa shape index (κ2) is 4.49. The molecule has 0 amide bonds. The van der Waals surface area contributed by atoms with E-state index < -0.39 is 0 Å². The third kappa shape index (κ3) is 1.99. The molecular formula is C11H17N5. The van der Waals surface area contributed by atoms with Crippen LogP contribution in [0.25, 0.3) is 5.65 Å². The van der Waals surface area contributed by atoms with Gasteiger partial charge in [-0.05, 0) is 25.6 Å². The summed E-state index contributed by atoms with van der Waals surface area (Å²) >= 11 is 0. The molecule has 0 aliphatic carbocycles. The summed E-state index contributed by atoms with van der Waals surface area (Å²) in [6.45, 7) is 3.86. The lowest BCUT2D eigenvalue weighted by Gasteiger charge is -2.13. The second-order valence-electron chi connectivity index (χ2n) is 3.90. The highest BCUT2D eigenvalue weighted by molar-refractivity contribution is 5.50. The first kappa shape index (κ1) is 10.9. The Bertz CT molecular complexity index is 476. The number of pyridine rings is 1. The standard InChI is InChI=1S/C11H17N5/c1-9-5-4-7-16-10(9)13-11(14-16)15(3)8-6-12-2/h4-5,7,12H,6,8H2,1-3H3. The van der Waals surface area contributed by atoms with Gasteiger partial charge in [0.25, 0.3) is 0 Å². The number of aromatic nitrogens is 3. The number of aryl methyl sites for hydroxylation is 1. The molecule has 2 rings (SSSR count). The summed E-state index contributed by atoms with van der Waals surface area (Å²) in [7, 11) is 3.94. The number of likely N-dealkylation sites (N-methyl/N-ethyl adjacent to an activating group) is 2. The van der Waals surface area contributed by atoms with Crippen molar-refractivity contribution in [1.29, 1.82) is 0 Å². The summed E-state index contributed by atoms with van der Waals surface area (Å²) in [5, 5.41) is 7.54.